The quantitative estimate of drug-likeness (QED) is 0.620. The molecule has 0 aromatic heterocycles. The zero-order valence-electron chi connectivity index (χ0n) is 8.04. The predicted octanol–water partition coefficient (Wildman–Crippen LogP) is -0.0624. The van der Waals surface area contributed by atoms with Gasteiger partial charge in [-0.3, -0.25) is 4.84 Å². The molecule has 0 bridgehead atoms. The number of nitrogens with one attached hydrogen (secondary N) is 1. The summed E-state index contributed by atoms with van der Waals surface area (Å²) >= 11 is 0. The van der Waals surface area contributed by atoms with Crippen molar-refractivity contribution in [3.63, 3.8) is 0 Å². The normalized spacial score (nSPS) is 32.8. The first-order valence-electron chi connectivity index (χ1n) is 5.24. The van der Waals surface area contributed by atoms with E-state index in [2.05, 4.69) is 15.7 Å². The number of piperazine rings is 1. The molecular weight excluding hydrogens is 166 g/mol. The van der Waals surface area contributed by atoms with Crippen LogP contribution >= 0.6 is 0 Å². The molecule has 1 radical (unpaired) electrons. The molecule has 2 aliphatic heterocycles. The van der Waals surface area contributed by atoms with E-state index in [1.807, 2.05) is 0 Å². The van der Waals surface area contributed by atoms with Crippen molar-refractivity contribution in [1.82, 2.24) is 15.7 Å². The van der Waals surface area contributed by atoms with Crippen molar-refractivity contribution >= 4 is 0 Å². The Kier molecular flexibility index (Phi) is 3.55. The first-order valence-corrected chi connectivity index (χ1v) is 5.24. The number of rotatable bonds is 1. The van der Waals surface area contributed by atoms with E-state index in [0.29, 0.717) is 0 Å². The highest BCUT2D eigenvalue weighted by molar-refractivity contribution is 4.73. The lowest BCUT2D eigenvalue weighted by Gasteiger charge is -2.32. The fraction of sp³-hybridized carbons (Fsp3) is 1.00. The zero-order valence-corrected chi connectivity index (χ0v) is 8.04. The van der Waals surface area contributed by atoms with E-state index in [0.717, 1.165) is 32.8 Å². The predicted molar refractivity (Wildman–Crippen MR) is 50.2 cm³/mol. The molecule has 1 unspecified atom stereocenters. The van der Waals surface area contributed by atoms with Crippen LogP contribution in [-0.4, -0.2) is 44.0 Å². The van der Waals surface area contributed by atoms with Crippen molar-refractivity contribution < 1.29 is 4.84 Å². The molecule has 0 saturated carbocycles. The molecule has 0 spiro atoms. The maximum absolute atomic E-state index is 5.64. The highest BCUT2D eigenvalue weighted by atomic mass is 16.7. The standard InChI is InChI=1S/C9H18N3O/c1-2-6-12(13-7-3-1)9-8-10-4-5-11-9/h9-10H,1-8H2. The number of hydroxylamine groups is 2. The van der Waals surface area contributed by atoms with Gasteiger partial charge in [-0.05, 0) is 19.3 Å². The Hall–Kier alpha value is -0.160. The Morgan fingerprint density at radius 3 is 3.15 bits per heavy atom. The summed E-state index contributed by atoms with van der Waals surface area (Å²) in [6.07, 6.45) is 3.98. The molecule has 2 fully saturated rings. The van der Waals surface area contributed by atoms with Crippen LogP contribution in [0.1, 0.15) is 19.3 Å². The maximum atomic E-state index is 5.64. The summed E-state index contributed by atoms with van der Waals surface area (Å²) < 4.78 is 0. The fourth-order valence-corrected chi connectivity index (χ4v) is 1.81. The first-order chi connectivity index (χ1) is 6.47. The second-order valence-electron chi connectivity index (χ2n) is 3.63. The van der Waals surface area contributed by atoms with Gasteiger partial charge in [0.15, 0.2) is 0 Å². The van der Waals surface area contributed by atoms with Gasteiger partial charge in [0.25, 0.3) is 0 Å². The Labute approximate surface area is 79.6 Å². The van der Waals surface area contributed by atoms with E-state index < -0.39 is 0 Å². The Morgan fingerprint density at radius 2 is 2.31 bits per heavy atom. The van der Waals surface area contributed by atoms with Gasteiger partial charge in [-0.15, -0.1) is 0 Å². The zero-order chi connectivity index (χ0) is 8.93. The van der Waals surface area contributed by atoms with E-state index in [1.165, 1.54) is 19.3 Å². The highest BCUT2D eigenvalue weighted by Crippen LogP contribution is 2.10. The van der Waals surface area contributed by atoms with Crippen LogP contribution in [0.4, 0.5) is 0 Å². The monoisotopic (exact) mass is 184 g/mol. The van der Waals surface area contributed by atoms with Crippen molar-refractivity contribution in [1.29, 1.82) is 0 Å². The molecule has 0 aromatic carbocycles. The van der Waals surface area contributed by atoms with Crippen molar-refractivity contribution in [2.75, 3.05) is 32.8 Å². The average molecular weight is 184 g/mol. The number of nitrogens with zero attached hydrogens (tertiary/aromatic N) is 2. The maximum Gasteiger partial charge on any atom is 0.112 e. The average Bonchev–Trinajstić information content (AvgIpc) is 2.47. The van der Waals surface area contributed by atoms with Gasteiger partial charge in [-0.2, -0.15) is 5.06 Å². The summed E-state index contributed by atoms with van der Waals surface area (Å²) in [5, 5.41) is 9.93. The molecule has 2 heterocycles. The third kappa shape index (κ3) is 2.64. The van der Waals surface area contributed by atoms with Crippen LogP contribution in [-0.2, 0) is 4.84 Å². The third-order valence-electron chi connectivity index (χ3n) is 2.57. The summed E-state index contributed by atoms with van der Waals surface area (Å²) in [7, 11) is 0. The Bertz CT molecular complexity index is 140. The van der Waals surface area contributed by atoms with Gasteiger partial charge < -0.3 is 5.32 Å². The van der Waals surface area contributed by atoms with E-state index in [9.17, 15) is 0 Å². The fourth-order valence-electron chi connectivity index (χ4n) is 1.81. The van der Waals surface area contributed by atoms with Crippen molar-refractivity contribution in [3.8, 4) is 0 Å². The lowest BCUT2D eigenvalue weighted by atomic mass is 10.2. The van der Waals surface area contributed by atoms with Gasteiger partial charge in [0.1, 0.15) is 6.17 Å². The van der Waals surface area contributed by atoms with E-state index >= 15 is 0 Å². The first kappa shape index (κ1) is 9.40. The van der Waals surface area contributed by atoms with Crippen LogP contribution in [0.5, 0.6) is 0 Å². The van der Waals surface area contributed by atoms with E-state index in [-0.39, 0.29) is 6.17 Å². The molecule has 13 heavy (non-hydrogen) atoms. The minimum absolute atomic E-state index is 0.256. The molecule has 4 heteroatoms. The lowest BCUT2D eigenvalue weighted by molar-refractivity contribution is -0.188. The Balaban J connectivity index is 1.82. The van der Waals surface area contributed by atoms with Crippen molar-refractivity contribution in [2.24, 2.45) is 0 Å². The Morgan fingerprint density at radius 1 is 1.31 bits per heavy atom. The third-order valence-corrected chi connectivity index (χ3v) is 2.57. The smallest absolute Gasteiger partial charge is 0.112 e. The molecule has 2 rings (SSSR count). The van der Waals surface area contributed by atoms with Gasteiger partial charge >= 0.3 is 0 Å². The molecular formula is C9H18N3O. The van der Waals surface area contributed by atoms with E-state index in [4.69, 9.17) is 4.84 Å². The van der Waals surface area contributed by atoms with Gasteiger partial charge in [0.2, 0.25) is 0 Å². The van der Waals surface area contributed by atoms with Crippen LogP contribution in [0, 0.1) is 0 Å². The molecule has 1 N–H and O–H groups in total. The number of hydrogen-bond acceptors (Lipinski definition) is 3. The molecule has 75 valence electrons. The summed E-state index contributed by atoms with van der Waals surface area (Å²) in [5.41, 5.74) is 0. The van der Waals surface area contributed by atoms with Crippen LogP contribution < -0.4 is 10.6 Å². The van der Waals surface area contributed by atoms with Crippen LogP contribution in [0.2, 0.25) is 0 Å². The van der Waals surface area contributed by atoms with E-state index in [1.54, 1.807) is 0 Å². The summed E-state index contributed by atoms with van der Waals surface area (Å²) in [6.45, 7) is 4.79. The van der Waals surface area contributed by atoms with Gasteiger partial charge in [-0.25, -0.2) is 5.32 Å². The lowest BCUT2D eigenvalue weighted by Crippen LogP contribution is -2.53. The molecule has 0 amide bonds. The molecule has 0 aromatic rings. The SMILES string of the molecule is C1CCON(C2CNCC[N]2)CC1. The van der Waals surface area contributed by atoms with Crippen molar-refractivity contribution in [3.05, 3.63) is 0 Å². The summed E-state index contributed by atoms with van der Waals surface area (Å²) in [5.74, 6) is 0. The van der Waals surface area contributed by atoms with Crippen LogP contribution in [0.25, 0.3) is 0 Å². The number of hydrogen-bond donors (Lipinski definition) is 1. The largest absolute Gasteiger partial charge is 0.312 e. The molecule has 1 atom stereocenters. The highest BCUT2D eigenvalue weighted by Gasteiger charge is 2.22. The summed E-state index contributed by atoms with van der Waals surface area (Å²) in [6, 6.07) is 0. The van der Waals surface area contributed by atoms with Crippen LogP contribution in [0.15, 0.2) is 0 Å². The molecule has 0 aliphatic carbocycles. The second-order valence-corrected chi connectivity index (χ2v) is 3.63. The van der Waals surface area contributed by atoms with Gasteiger partial charge in [0.05, 0.1) is 6.61 Å². The minimum Gasteiger partial charge on any atom is -0.312 e. The van der Waals surface area contributed by atoms with Gasteiger partial charge in [0, 0.05) is 26.2 Å². The summed E-state index contributed by atoms with van der Waals surface area (Å²) in [4.78, 5) is 5.64. The molecule has 2 saturated heterocycles. The topological polar surface area (TPSA) is 38.6 Å². The minimum atomic E-state index is 0.256. The van der Waals surface area contributed by atoms with Crippen LogP contribution in [0.3, 0.4) is 0 Å². The van der Waals surface area contributed by atoms with Crippen molar-refractivity contribution in [2.45, 2.75) is 25.4 Å². The molecule has 2 aliphatic rings. The van der Waals surface area contributed by atoms with Gasteiger partial charge in [-0.1, -0.05) is 0 Å². The molecule has 4 nitrogen and oxygen atoms in total. The second kappa shape index (κ2) is 4.91.